The van der Waals surface area contributed by atoms with Gasteiger partial charge in [0.25, 0.3) is 0 Å². The fourth-order valence-corrected chi connectivity index (χ4v) is 2.55. The number of unbranched alkanes of at least 4 members (excludes halogenated alkanes) is 10. The molecule has 0 unspecified atom stereocenters. The third kappa shape index (κ3) is 25.2. The van der Waals surface area contributed by atoms with Crippen LogP contribution in [0.15, 0.2) is 0 Å². The second kappa shape index (κ2) is 19.2. The molecule has 134 valence electrons. The van der Waals surface area contributed by atoms with Gasteiger partial charge in [-0.1, -0.05) is 64.7 Å². The second-order valence-electron chi connectivity index (χ2n) is 5.73. The van der Waals surface area contributed by atoms with Gasteiger partial charge in [-0.2, -0.15) is 0 Å². The van der Waals surface area contributed by atoms with Crippen LogP contribution in [0.2, 0.25) is 0 Å². The van der Waals surface area contributed by atoms with E-state index in [1.165, 1.54) is 57.8 Å². The Bertz CT molecular complexity index is 322. The van der Waals surface area contributed by atoms with E-state index in [2.05, 4.69) is 11.1 Å². The Morgan fingerprint density at radius 1 is 0.696 bits per heavy atom. The Labute approximate surface area is 165 Å². The van der Waals surface area contributed by atoms with Gasteiger partial charge in [-0.3, -0.25) is 4.18 Å². The molecule has 7 heteroatoms. The molecule has 0 bridgehead atoms. The first-order valence-corrected chi connectivity index (χ1v) is 10.1. The Balaban J connectivity index is 0. The molecule has 0 saturated heterocycles. The first kappa shape index (κ1) is 26.1. The molecule has 0 spiro atoms. The fraction of sp³-hybridized carbons (Fsp3) is 1.00. The van der Waals surface area contributed by atoms with E-state index in [0.717, 1.165) is 26.1 Å². The average Bonchev–Trinajstić information content (AvgIpc) is 2.45. The molecule has 0 aromatic carbocycles. The Morgan fingerprint density at radius 2 is 1.09 bits per heavy atom. The van der Waals surface area contributed by atoms with Crippen LogP contribution in [0.1, 0.15) is 84.0 Å². The predicted octanol–water partition coefficient (Wildman–Crippen LogP) is 1.18. The summed E-state index contributed by atoms with van der Waals surface area (Å²) in [5.41, 5.74) is 0. The van der Waals surface area contributed by atoms with Crippen molar-refractivity contribution in [2.24, 2.45) is 0 Å². The van der Waals surface area contributed by atoms with E-state index in [1.54, 1.807) is 0 Å². The summed E-state index contributed by atoms with van der Waals surface area (Å²) in [6, 6.07) is 0. The minimum Gasteiger partial charge on any atom is -0.726 e. The molecule has 0 aromatic heterocycles. The van der Waals surface area contributed by atoms with Gasteiger partial charge in [-0.15, -0.1) is 0 Å². The van der Waals surface area contributed by atoms with Gasteiger partial charge in [0.2, 0.25) is 10.4 Å². The van der Waals surface area contributed by atoms with E-state index in [4.69, 9.17) is 4.74 Å². The monoisotopic (exact) mass is 360 g/mol. The number of ether oxygens (including phenoxy) is 1. The van der Waals surface area contributed by atoms with E-state index >= 15 is 0 Å². The smallest absolute Gasteiger partial charge is 0.726 e. The number of hydrogen-bond acceptors (Lipinski definition) is 5. The normalized spacial score (nSPS) is 11.4. The van der Waals surface area contributed by atoms with Crippen LogP contribution < -0.4 is 29.6 Å². The molecule has 0 aromatic rings. The van der Waals surface area contributed by atoms with Crippen LogP contribution in [0.4, 0.5) is 0 Å². The molecule has 0 atom stereocenters. The molecule has 0 amide bonds. The summed E-state index contributed by atoms with van der Waals surface area (Å²) in [5.74, 6) is 0. The van der Waals surface area contributed by atoms with Crippen LogP contribution in [-0.2, 0) is 19.3 Å². The number of rotatable bonds is 17. The molecule has 0 aliphatic heterocycles. The molecular weight excluding hydrogens is 327 g/mol. The van der Waals surface area contributed by atoms with Gasteiger partial charge in [0, 0.05) is 13.2 Å². The van der Waals surface area contributed by atoms with Gasteiger partial charge < -0.3 is 9.29 Å². The molecule has 0 fully saturated rings. The molecule has 0 rings (SSSR count). The standard InChI is InChI=1S/C16H34O5S.Na/c1-2-3-14-20-15-12-10-8-6-4-5-7-9-11-13-16-21-22(17,18)19;/h2-16H2,1H3,(H,17,18,19);/q;+1/p-1. The second-order valence-corrected chi connectivity index (χ2v) is 6.78. The fourth-order valence-electron chi connectivity index (χ4n) is 2.23. The van der Waals surface area contributed by atoms with Crippen molar-refractivity contribution in [3.63, 3.8) is 0 Å². The Hall–Kier alpha value is 0.830. The third-order valence-electron chi connectivity index (χ3n) is 3.55. The van der Waals surface area contributed by atoms with Crippen LogP contribution in [0.3, 0.4) is 0 Å². The maximum atomic E-state index is 10.2. The minimum atomic E-state index is -4.50. The molecular formula is C16H33NaO5S. The van der Waals surface area contributed by atoms with Crippen LogP contribution >= 0.6 is 0 Å². The summed E-state index contributed by atoms with van der Waals surface area (Å²) in [5, 5.41) is 0. The van der Waals surface area contributed by atoms with Gasteiger partial charge in [0.15, 0.2) is 0 Å². The largest absolute Gasteiger partial charge is 1.00 e. The molecule has 0 aliphatic carbocycles. The van der Waals surface area contributed by atoms with E-state index in [9.17, 15) is 13.0 Å². The average molecular weight is 360 g/mol. The zero-order valence-electron chi connectivity index (χ0n) is 15.1. The summed E-state index contributed by atoms with van der Waals surface area (Å²) in [7, 11) is -4.50. The quantitative estimate of drug-likeness (QED) is 0.169. The van der Waals surface area contributed by atoms with Crippen LogP contribution in [0.25, 0.3) is 0 Å². The Kier molecular flexibility index (Phi) is 21.7. The zero-order chi connectivity index (χ0) is 16.5. The van der Waals surface area contributed by atoms with E-state index in [0.29, 0.717) is 6.42 Å². The first-order chi connectivity index (χ1) is 10.6. The summed E-state index contributed by atoms with van der Waals surface area (Å²) >= 11 is 0. The van der Waals surface area contributed by atoms with Crippen molar-refractivity contribution in [3.05, 3.63) is 0 Å². The van der Waals surface area contributed by atoms with Crippen molar-refractivity contribution in [1.82, 2.24) is 0 Å². The Morgan fingerprint density at radius 3 is 1.52 bits per heavy atom. The minimum absolute atomic E-state index is 0. The van der Waals surface area contributed by atoms with Gasteiger partial charge in [0.1, 0.15) is 0 Å². The van der Waals surface area contributed by atoms with Crippen molar-refractivity contribution in [2.75, 3.05) is 19.8 Å². The van der Waals surface area contributed by atoms with Crippen molar-refractivity contribution >= 4 is 10.4 Å². The molecule has 0 radical (unpaired) electrons. The van der Waals surface area contributed by atoms with E-state index < -0.39 is 10.4 Å². The predicted molar refractivity (Wildman–Crippen MR) is 87.5 cm³/mol. The van der Waals surface area contributed by atoms with Crippen LogP contribution in [-0.4, -0.2) is 32.8 Å². The van der Waals surface area contributed by atoms with Crippen molar-refractivity contribution in [1.29, 1.82) is 0 Å². The van der Waals surface area contributed by atoms with E-state index in [-0.39, 0.29) is 36.2 Å². The van der Waals surface area contributed by atoms with Gasteiger partial charge in [-0.25, -0.2) is 8.42 Å². The molecule has 0 heterocycles. The van der Waals surface area contributed by atoms with Crippen molar-refractivity contribution < 1.29 is 51.4 Å². The summed E-state index contributed by atoms with van der Waals surface area (Å²) in [6.07, 6.45) is 13.7. The van der Waals surface area contributed by atoms with Gasteiger partial charge in [0.05, 0.1) is 6.61 Å². The van der Waals surface area contributed by atoms with Crippen LogP contribution in [0.5, 0.6) is 0 Å². The van der Waals surface area contributed by atoms with E-state index in [1.807, 2.05) is 0 Å². The molecule has 0 saturated carbocycles. The maximum absolute atomic E-state index is 10.2. The molecule has 0 N–H and O–H groups in total. The maximum Gasteiger partial charge on any atom is 1.00 e. The summed E-state index contributed by atoms with van der Waals surface area (Å²) < 4.78 is 40.2. The number of hydrogen-bond donors (Lipinski definition) is 0. The summed E-state index contributed by atoms with van der Waals surface area (Å²) in [6.45, 7) is 4.00. The molecule has 0 aliphatic rings. The van der Waals surface area contributed by atoms with Gasteiger partial charge in [-0.05, 0) is 19.3 Å². The van der Waals surface area contributed by atoms with Crippen molar-refractivity contribution in [2.45, 2.75) is 84.0 Å². The molecule has 5 nitrogen and oxygen atoms in total. The molecule has 23 heavy (non-hydrogen) atoms. The topological polar surface area (TPSA) is 75.7 Å². The van der Waals surface area contributed by atoms with Gasteiger partial charge >= 0.3 is 29.6 Å². The van der Waals surface area contributed by atoms with Crippen molar-refractivity contribution in [3.8, 4) is 0 Å². The van der Waals surface area contributed by atoms with Crippen LogP contribution in [0, 0.1) is 0 Å². The first-order valence-electron chi connectivity index (χ1n) is 8.74. The zero-order valence-corrected chi connectivity index (χ0v) is 17.9. The SMILES string of the molecule is CCCCOCCCCCCCCCCCCOS(=O)(=O)[O-].[Na+]. The summed E-state index contributed by atoms with van der Waals surface area (Å²) in [4.78, 5) is 0. The third-order valence-corrected chi connectivity index (χ3v) is 4.01.